The van der Waals surface area contributed by atoms with Gasteiger partial charge in [-0.1, -0.05) is 71.3 Å². The third kappa shape index (κ3) is 10.0. The van der Waals surface area contributed by atoms with Crippen molar-refractivity contribution in [2.45, 2.75) is 78.1 Å². The summed E-state index contributed by atoms with van der Waals surface area (Å²) in [7, 11) is 0. The lowest BCUT2D eigenvalue weighted by molar-refractivity contribution is 0.596. The molecule has 0 bridgehead atoms. The molecular formula is C15H29. The van der Waals surface area contributed by atoms with Gasteiger partial charge in [0, 0.05) is 0 Å². The van der Waals surface area contributed by atoms with Crippen LogP contribution in [0.2, 0.25) is 0 Å². The fraction of sp³-hybridized carbons (Fsp3) is 0.800. The predicted molar refractivity (Wildman–Crippen MR) is 71.0 cm³/mol. The second-order valence-electron chi connectivity index (χ2n) is 4.48. The van der Waals surface area contributed by atoms with Gasteiger partial charge in [0.05, 0.1) is 0 Å². The first kappa shape index (κ1) is 14.7. The van der Waals surface area contributed by atoms with Crippen LogP contribution in [0.1, 0.15) is 78.1 Å². The van der Waals surface area contributed by atoms with Crippen LogP contribution in [0.15, 0.2) is 12.7 Å². The van der Waals surface area contributed by atoms with E-state index in [0.29, 0.717) is 0 Å². The van der Waals surface area contributed by atoms with Crippen molar-refractivity contribution < 1.29 is 0 Å². The summed E-state index contributed by atoms with van der Waals surface area (Å²) < 4.78 is 0. The monoisotopic (exact) mass is 209 g/mol. The van der Waals surface area contributed by atoms with Gasteiger partial charge < -0.3 is 0 Å². The normalized spacial score (nSPS) is 10.9. The van der Waals surface area contributed by atoms with E-state index >= 15 is 0 Å². The van der Waals surface area contributed by atoms with E-state index in [0.717, 1.165) is 0 Å². The zero-order valence-corrected chi connectivity index (χ0v) is 10.9. The van der Waals surface area contributed by atoms with Gasteiger partial charge in [-0.2, -0.15) is 0 Å². The molecule has 0 unspecified atom stereocenters. The largest absolute Gasteiger partial charge is 0.102 e. The van der Waals surface area contributed by atoms with Gasteiger partial charge in [-0.25, -0.2) is 0 Å². The van der Waals surface area contributed by atoms with E-state index in [-0.39, 0.29) is 0 Å². The van der Waals surface area contributed by atoms with Crippen LogP contribution < -0.4 is 0 Å². The van der Waals surface area contributed by atoms with Crippen LogP contribution in [-0.2, 0) is 0 Å². The fourth-order valence-electron chi connectivity index (χ4n) is 1.89. The molecule has 0 aliphatic heterocycles. The first-order valence-electron chi connectivity index (χ1n) is 6.82. The molecule has 89 valence electrons. The molecule has 0 aliphatic rings. The molecule has 0 N–H and O–H groups in total. The lowest BCUT2D eigenvalue weighted by atomic mass is 9.95. The zero-order valence-electron chi connectivity index (χ0n) is 10.9. The van der Waals surface area contributed by atoms with Gasteiger partial charge in [0.15, 0.2) is 0 Å². The number of rotatable bonds is 11. The maximum Gasteiger partial charge on any atom is -0.00301 e. The van der Waals surface area contributed by atoms with Crippen LogP contribution in [0.4, 0.5) is 0 Å². The molecule has 15 heavy (non-hydrogen) atoms. The molecule has 0 saturated heterocycles. The van der Waals surface area contributed by atoms with Gasteiger partial charge in [-0.3, -0.25) is 0 Å². The highest BCUT2D eigenvalue weighted by Crippen LogP contribution is 2.20. The fourth-order valence-corrected chi connectivity index (χ4v) is 1.89. The minimum atomic E-state index is 1.29. The molecule has 1 radical (unpaired) electrons. The van der Waals surface area contributed by atoms with Crippen LogP contribution in [0.3, 0.4) is 0 Å². The van der Waals surface area contributed by atoms with Gasteiger partial charge in [-0.05, 0) is 18.8 Å². The summed E-state index contributed by atoms with van der Waals surface area (Å²) in [6, 6.07) is 0. The molecule has 0 aliphatic carbocycles. The minimum Gasteiger partial charge on any atom is -0.102 e. The van der Waals surface area contributed by atoms with Gasteiger partial charge in [0.1, 0.15) is 0 Å². The first-order valence-corrected chi connectivity index (χ1v) is 6.82. The minimum absolute atomic E-state index is 1.29. The van der Waals surface area contributed by atoms with E-state index in [1.54, 1.807) is 5.92 Å². The van der Waals surface area contributed by atoms with Crippen LogP contribution in [0.25, 0.3) is 0 Å². The molecule has 0 aromatic carbocycles. The van der Waals surface area contributed by atoms with Crippen molar-refractivity contribution in [1.82, 2.24) is 0 Å². The quantitative estimate of drug-likeness (QED) is 0.384. The summed E-state index contributed by atoms with van der Waals surface area (Å²) in [5, 5.41) is 0. The zero-order chi connectivity index (χ0) is 11.4. The third-order valence-corrected chi connectivity index (χ3v) is 2.99. The highest BCUT2D eigenvalue weighted by atomic mass is 14.1. The SMILES string of the molecule is C=C[C](CCCCCC)CCCCCC. The van der Waals surface area contributed by atoms with Crippen molar-refractivity contribution in [2.24, 2.45) is 0 Å². The van der Waals surface area contributed by atoms with Crippen LogP contribution in [0.5, 0.6) is 0 Å². The Balaban J connectivity index is 3.34. The Hall–Kier alpha value is -0.260. The number of hydrogen-bond donors (Lipinski definition) is 0. The Labute approximate surface area is 97.2 Å². The summed E-state index contributed by atoms with van der Waals surface area (Å²) >= 11 is 0. The van der Waals surface area contributed by atoms with Crippen molar-refractivity contribution in [2.75, 3.05) is 0 Å². The lowest BCUT2D eigenvalue weighted by Gasteiger charge is -2.11. The first-order chi connectivity index (χ1) is 7.35. The van der Waals surface area contributed by atoms with E-state index in [1.165, 1.54) is 64.2 Å². The molecule has 0 aromatic heterocycles. The lowest BCUT2D eigenvalue weighted by Crippen LogP contribution is -1.94. The second-order valence-corrected chi connectivity index (χ2v) is 4.48. The molecular weight excluding hydrogens is 180 g/mol. The van der Waals surface area contributed by atoms with Crippen molar-refractivity contribution in [3.05, 3.63) is 18.6 Å². The van der Waals surface area contributed by atoms with E-state index in [4.69, 9.17) is 0 Å². The summed E-state index contributed by atoms with van der Waals surface area (Å²) in [6.07, 6.45) is 15.6. The van der Waals surface area contributed by atoms with Gasteiger partial charge >= 0.3 is 0 Å². The van der Waals surface area contributed by atoms with E-state index in [9.17, 15) is 0 Å². The Bertz CT molecular complexity index is 114. The Morgan fingerprint density at radius 3 is 1.60 bits per heavy atom. The molecule has 0 heteroatoms. The molecule has 0 amide bonds. The molecule has 0 atom stereocenters. The van der Waals surface area contributed by atoms with Crippen molar-refractivity contribution >= 4 is 0 Å². The van der Waals surface area contributed by atoms with Gasteiger partial charge in [-0.15, -0.1) is 6.58 Å². The van der Waals surface area contributed by atoms with Gasteiger partial charge in [0.2, 0.25) is 0 Å². The van der Waals surface area contributed by atoms with Gasteiger partial charge in [0.25, 0.3) is 0 Å². The molecule has 0 fully saturated rings. The average Bonchev–Trinajstić information content (AvgIpc) is 2.27. The highest BCUT2D eigenvalue weighted by molar-refractivity contribution is 5.05. The Kier molecular flexibility index (Phi) is 11.6. The van der Waals surface area contributed by atoms with Crippen LogP contribution in [-0.4, -0.2) is 0 Å². The number of unbranched alkanes of at least 4 members (excludes halogenated alkanes) is 6. The number of hydrogen-bond acceptors (Lipinski definition) is 0. The molecule has 0 saturated carbocycles. The molecule has 0 spiro atoms. The van der Waals surface area contributed by atoms with Crippen LogP contribution in [0, 0.1) is 5.92 Å². The average molecular weight is 209 g/mol. The maximum atomic E-state index is 3.92. The highest BCUT2D eigenvalue weighted by Gasteiger charge is 2.03. The predicted octanol–water partition coefficient (Wildman–Crippen LogP) is 5.69. The van der Waals surface area contributed by atoms with E-state index in [2.05, 4.69) is 26.5 Å². The summed E-state index contributed by atoms with van der Waals surface area (Å²) in [5.74, 6) is 1.59. The van der Waals surface area contributed by atoms with Crippen LogP contribution >= 0.6 is 0 Å². The summed E-state index contributed by atoms with van der Waals surface area (Å²) in [5.41, 5.74) is 0. The number of allylic oxidation sites excluding steroid dienone is 1. The summed E-state index contributed by atoms with van der Waals surface area (Å²) in [6.45, 7) is 8.46. The molecule has 0 heterocycles. The summed E-state index contributed by atoms with van der Waals surface area (Å²) in [4.78, 5) is 0. The van der Waals surface area contributed by atoms with Crippen molar-refractivity contribution in [3.63, 3.8) is 0 Å². The molecule has 0 nitrogen and oxygen atoms in total. The standard InChI is InChI=1S/C15H29/c1-4-7-9-11-13-15(6-3)14-12-10-8-5-2/h6H,3-5,7-14H2,1-2H3. The topological polar surface area (TPSA) is 0 Å². The Morgan fingerprint density at radius 1 is 0.800 bits per heavy atom. The van der Waals surface area contributed by atoms with E-state index < -0.39 is 0 Å². The van der Waals surface area contributed by atoms with Crippen molar-refractivity contribution in [3.8, 4) is 0 Å². The van der Waals surface area contributed by atoms with E-state index in [1.807, 2.05) is 0 Å². The van der Waals surface area contributed by atoms with Crippen molar-refractivity contribution in [1.29, 1.82) is 0 Å². The molecule has 0 aromatic rings. The maximum absolute atomic E-state index is 3.92. The smallest absolute Gasteiger partial charge is 0.00301 e. The molecule has 0 rings (SSSR count). The second kappa shape index (κ2) is 11.8. The third-order valence-electron chi connectivity index (χ3n) is 2.99. The Morgan fingerprint density at radius 2 is 1.27 bits per heavy atom.